The molecule has 0 aliphatic rings. The molecule has 280 valence electrons. The molecule has 0 fully saturated rings. The lowest BCUT2D eigenvalue weighted by atomic mass is 9.94. The number of anilines is 3. The van der Waals surface area contributed by atoms with E-state index in [4.69, 9.17) is 4.42 Å². The van der Waals surface area contributed by atoms with E-state index in [1.165, 1.54) is 54.2 Å². The highest BCUT2D eigenvalue weighted by Crippen LogP contribution is 2.44. The quantitative estimate of drug-likeness (QED) is 0.157. The highest BCUT2D eigenvalue weighted by Gasteiger charge is 2.19. The summed E-state index contributed by atoms with van der Waals surface area (Å²) in [5, 5.41) is 12.3. The van der Waals surface area contributed by atoms with Gasteiger partial charge in [-0.1, -0.05) is 170 Å². The second-order valence-corrected chi connectivity index (χ2v) is 15.7. The van der Waals surface area contributed by atoms with E-state index in [1.807, 2.05) is 6.07 Å². The second kappa shape index (κ2) is 13.9. The van der Waals surface area contributed by atoms with Crippen LogP contribution in [0.5, 0.6) is 0 Å². The Kier molecular flexibility index (Phi) is 7.89. The summed E-state index contributed by atoms with van der Waals surface area (Å²) in [6.07, 6.45) is 0. The minimum absolute atomic E-state index is 0.893. The molecule has 0 unspecified atom stereocenters. The fraction of sp³-hybridized carbons (Fsp3) is 0. The van der Waals surface area contributed by atoms with E-state index in [-0.39, 0.29) is 0 Å². The zero-order valence-corrected chi connectivity index (χ0v) is 32.7. The number of furan rings is 1. The smallest absolute Gasteiger partial charge is 0.143 e. The summed E-state index contributed by atoms with van der Waals surface area (Å²) in [4.78, 5) is 2.38. The molecular weight excluding hydrogens is 727 g/mol. The first-order valence-corrected chi connectivity index (χ1v) is 20.6. The van der Waals surface area contributed by atoms with Crippen LogP contribution < -0.4 is 4.90 Å². The second-order valence-electron chi connectivity index (χ2n) is 15.7. The van der Waals surface area contributed by atoms with Crippen LogP contribution in [0.2, 0.25) is 0 Å². The Hall–Kier alpha value is -7.94. The van der Waals surface area contributed by atoms with Crippen LogP contribution in [0.15, 0.2) is 229 Å². The van der Waals surface area contributed by atoms with Gasteiger partial charge in [0.05, 0.1) is 0 Å². The van der Waals surface area contributed by atoms with Crippen LogP contribution in [0, 0.1) is 0 Å². The Morgan fingerprint density at radius 1 is 0.283 bits per heavy atom. The molecule has 0 spiro atoms. The maximum atomic E-state index is 6.62. The summed E-state index contributed by atoms with van der Waals surface area (Å²) in [6, 6.07) is 81.2. The van der Waals surface area contributed by atoms with Gasteiger partial charge in [-0.2, -0.15) is 0 Å². The van der Waals surface area contributed by atoms with E-state index >= 15 is 0 Å². The molecule has 0 saturated heterocycles. The molecule has 1 aromatic heterocycles. The van der Waals surface area contributed by atoms with Crippen molar-refractivity contribution >= 4 is 82.1 Å². The lowest BCUT2D eigenvalue weighted by Crippen LogP contribution is -2.09. The van der Waals surface area contributed by atoms with Crippen LogP contribution in [-0.4, -0.2) is 0 Å². The summed E-state index contributed by atoms with van der Waals surface area (Å²) in [5.41, 5.74) is 12.0. The van der Waals surface area contributed by atoms with Gasteiger partial charge >= 0.3 is 0 Å². The van der Waals surface area contributed by atoms with Crippen molar-refractivity contribution in [2.24, 2.45) is 0 Å². The topological polar surface area (TPSA) is 16.4 Å². The number of fused-ring (bicyclic) bond motifs is 9. The van der Waals surface area contributed by atoms with Crippen LogP contribution in [0.25, 0.3) is 98.4 Å². The molecule has 0 radical (unpaired) electrons. The monoisotopic (exact) mass is 763 g/mol. The van der Waals surface area contributed by atoms with Gasteiger partial charge in [0, 0.05) is 33.4 Å². The molecule has 60 heavy (non-hydrogen) atoms. The van der Waals surface area contributed by atoms with Crippen molar-refractivity contribution in [2.45, 2.75) is 0 Å². The van der Waals surface area contributed by atoms with Crippen molar-refractivity contribution in [2.75, 3.05) is 4.90 Å². The Bertz CT molecular complexity index is 3580. The van der Waals surface area contributed by atoms with E-state index in [2.05, 4.69) is 223 Å². The highest BCUT2D eigenvalue weighted by atomic mass is 16.3. The maximum Gasteiger partial charge on any atom is 0.143 e. The van der Waals surface area contributed by atoms with Crippen LogP contribution in [-0.2, 0) is 0 Å². The number of rotatable bonds is 6. The average Bonchev–Trinajstić information content (AvgIpc) is 3.72. The standard InChI is InChI=1S/C58H37NO/c1-2-10-39(11-3-1)52-35-34-51(57-53-16-8-9-17-56(53)60-58(52)57)42-26-31-47(32-27-42)59(48-33-28-44-21-19-41-13-5-7-15-50(41)55(44)37-48)46-29-24-38(25-30-46)45-23-22-43-20-18-40-12-4-6-14-49(40)54(43)36-45/h1-37H. The predicted molar refractivity (Wildman–Crippen MR) is 255 cm³/mol. The summed E-state index contributed by atoms with van der Waals surface area (Å²) in [5.74, 6) is 0. The number of nitrogens with zero attached hydrogens (tertiary/aromatic N) is 1. The van der Waals surface area contributed by atoms with Crippen LogP contribution in [0.3, 0.4) is 0 Å². The number of benzene rings is 11. The number of hydrogen-bond acceptors (Lipinski definition) is 2. The molecule has 0 bridgehead atoms. The molecule has 2 nitrogen and oxygen atoms in total. The zero-order valence-electron chi connectivity index (χ0n) is 32.7. The molecular formula is C58H37NO. The average molecular weight is 764 g/mol. The lowest BCUT2D eigenvalue weighted by Gasteiger charge is -2.26. The SMILES string of the molecule is c1ccc(-c2ccc(-c3ccc(N(c4ccc(-c5ccc6ccc7ccccc7c6c5)cc4)c4ccc5ccc6ccccc6c5c4)cc3)c3c2oc2ccccc23)cc1. The van der Waals surface area contributed by atoms with Crippen molar-refractivity contribution in [1.82, 2.24) is 0 Å². The number of hydrogen-bond donors (Lipinski definition) is 0. The number of para-hydroxylation sites is 1. The third-order valence-corrected chi connectivity index (χ3v) is 12.2. The highest BCUT2D eigenvalue weighted by molar-refractivity contribution is 6.16. The third kappa shape index (κ3) is 5.65. The van der Waals surface area contributed by atoms with Crippen molar-refractivity contribution < 1.29 is 4.42 Å². The molecule has 0 aliphatic heterocycles. The Labute approximate surface area is 347 Å². The molecule has 1 heterocycles. The first-order chi connectivity index (χ1) is 29.7. The molecule has 0 saturated carbocycles. The molecule has 0 aliphatic carbocycles. The molecule has 11 aromatic carbocycles. The summed E-state index contributed by atoms with van der Waals surface area (Å²) >= 11 is 0. The molecule has 2 heteroatoms. The molecule has 12 rings (SSSR count). The Morgan fingerprint density at radius 2 is 0.750 bits per heavy atom. The molecule has 0 N–H and O–H groups in total. The van der Waals surface area contributed by atoms with Crippen LogP contribution in [0.4, 0.5) is 17.1 Å². The van der Waals surface area contributed by atoms with Crippen molar-refractivity contribution in [1.29, 1.82) is 0 Å². The van der Waals surface area contributed by atoms with Gasteiger partial charge in [-0.3, -0.25) is 0 Å². The van der Waals surface area contributed by atoms with Gasteiger partial charge in [-0.25, -0.2) is 0 Å². The normalized spacial score (nSPS) is 11.7. The van der Waals surface area contributed by atoms with E-state index in [0.29, 0.717) is 0 Å². The molecule has 12 aromatic rings. The third-order valence-electron chi connectivity index (χ3n) is 12.2. The fourth-order valence-electron chi connectivity index (χ4n) is 9.26. The van der Waals surface area contributed by atoms with Gasteiger partial charge in [-0.05, 0) is 126 Å². The van der Waals surface area contributed by atoms with E-state index in [0.717, 1.165) is 61.3 Å². The van der Waals surface area contributed by atoms with Crippen molar-refractivity contribution in [3.05, 3.63) is 224 Å². The maximum absolute atomic E-state index is 6.62. The van der Waals surface area contributed by atoms with E-state index in [9.17, 15) is 0 Å². The summed E-state index contributed by atoms with van der Waals surface area (Å²) in [7, 11) is 0. The van der Waals surface area contributed by atoms with E-state index in [1.54, 1.807) is 0 Å². The van der Waals surface area contributed by atoms with E-state index < -0.39 is 0 Å². The van der Waals surface area contributed by atoms with Gasteiger partial charge < -0.3 is 9.32 Å². The Morgan fingerprint density at radius 3 is 1.43 bits per heavy atom. The summed E-state index contributed by atoms with van der Waals surface area (Å²) < 4.78 is 6.62. The lowest BCUT2D eigenvalue weighted by molar-refractivity contribution is 0.670. The first kappa shape index (κ1) is 34.1. The zero-order chi connectivity index (χ0) is 39.6. The van der Waals surface area contributed by atoms with Crippen LogP contribution in [0.1, 0.15) is 0 Å². The summed E-state index contributed by atoms with van der Waals surface area (Å²) in [6.45, 7) is 0. The molecule has 0 atom stereocenters. The Balaban J connectivity index is 0.988. The largest absolute Gasteiger partial charge is 0.455 e. The van der Waals surface area contributed by atoms with Gasteiger partial charge in [0.1, 0.15) is 11.2 Å². The van der Waals surface area contributed by atoms with Crippen molar-refractivity contribution in [3.63, 3.8) is 0 Å². The van der Waals surface area contributed by atoms with Gasteiger partial charge in [0.15, 0.2) is 0 Å². The van der Waals surface area contributed by atoms with Gasteiger partial charge in [0.2, 0.25) is 0 Å². The minimum Gasteiger partial charge on any atom is -0.455 e. The predicted octanol–water partition coefficient (Wildman–Crippen LogP) is 16.7. The van der Waals surface area contributed by atoms with Crippen molar-refractivity contribution in [3.8, 4) is 33.4 Å². The molecule has 0 amide bonds. The van der Waals surface area contributed by atoms with Gasteiger partial charge in [-0.15, -0.1) is 0 Å². The fourth-order valence-corrected chi connectivity index (χ4v) is 9.26. The van der Waals surface area contributed by atoms with Gasteiger partial charge in [0.25, 0.3) is 0 Å². The first-order valence-electron chi connectivity index (χ1n) is 20.6. The minimum atomic E-state index is 0.893. The van der Waals surface area contributed by atoms with Crippen LogP contribution >= 0.6 is 0 Å².